The lowest BCUT2D eigenvalue weighted by Crippen LogP contribution is -2.22. The summed E-state index contributed by atoms with van der Waals surface area (Å²) in [6.45, 7) is 0.199. The molecule has 0 aliphatic heterocycles. The van der Waals surface area contributed by atoms with Gasteiger partial charge in [0.25, 0.3) is 0 Å². The number of methoxy groups -OCH3 is 2. The fourth-order valence-corrected chi connectivity index (χ4v) is 3.83. The number of ether oxygens (including phenoxy) is 2. The van der Waals surface area contributed by atoms with Crippen LogP contribution in [-0.2, 0) is 23.2 Å². The highest BCUT2D eigenvalue weighted by atomic mass is 79.9. The summed E-state index contributed by atoms with van der Waals surface area (Å²) in [7, 11) is 4.91. The summed E-state index contributed by atoms with van der Waals surface area (Å²) in [5, 5.41) is 14.4. The Morgan fingerprint density at radius 3 is 2.53 bits per heavy atom. The lowest BCUT2D eigenvalue weighted by atomic mass is 10.2. The highest BCUT2D eigenvalue weighted by molar-refractivity contribution is 9.10. The van der Waals surface area contributed by atoms with Crippen molar-refractivity contribution in [2.75, 3.05) is 25.3 Å². The Morgan fingerprint density at radius 2 is 1.82 bits per heavy atom. The minimum atomic E-state index is -0.277. The second kappa shape index (κ2) is 12.2. The topological polar surface area (TPSA) is 107 Å². The van der Waals surface area contributed by atoms with Crippen LogP contribution >= 0.6 is 27.7 Å². The van der Waals surface area contributed by atoms with E-state index in [0.29, 0.717) is 22.5 Å². The third-order valence-corrected chi connectivity index (χ3v) is 6.19. The Labute approximate surface area is 210 Å². The Balaban J connectivity index is 1.49. The molecule has 2 amide bonds. The van der Waals surface area contributed by atoms with Crippen LogP contribution in [0.15, 0.2) is 58.2 Å². The van der Waals surface area contributed by atoms with E-state index in [1.165, 1.54) is 17.8 Å². The summed E-state index contributed by atoms with van der Waals surface area (Å²) in [5.41, 5.74) is 1.52. The van der Waals surface area contributed by atoms with Gasteiger partial charge in [0.15, 0.2) is 22.5 Å². The van der Waals surface area contributed by atoms with Crippen molar-refractivity contribution in [3.8, 4) is 11.5 Å². The molecule has 0 atom stereocenters. The van der Waals surface area contributed by atoms with Crippen molar-refractivity contribution in [1.29, 1.82) is 0 Å². The van der Waals surface area contributed by atoms with E-state index in [4.69, 9.17) is 9.47 Å². The normalized spacial score (nSPS) is 10.8. The third-order valence-electron chi connectivity index (χ3n) is 4.64. The van der Waals surface area contributed by atoms with Crippen LogP contribution in [0.4, 0.5) is 5.69 Å². The van der Waals surface area contributed by atoms with Crippen molar-refractivity contribution >= 4 is 51.3 Å². The molecule has 0 fully saturated rings. The lowest BCUT2D eigenvalue weighted by molar-refractivity contribution is -0.116. The number of carbonyl (C=O) groups excluding carboxylic acids is 2. The van der Waals surface area contributed by atoms with Crippen molar-refractivity contribution in [3.63, 3.8) is 0 Å². The molecule has 0 bridgehead atoms. The molecule has 2 N–H and O–H groups in total. The maximum Gasteiger partial charge on any atom is 0.244 e. The Hall–Kier alpha value is -3.31. The van der Waals surface area contributed by atoms with Crippen molar-refractivity contribution in [2.45, 2.75) is 11.7 Å². The van der Waals surface area contributed by atoms with Crippen LogP contribution in [0, 0.1) is 0 Å². The summed E-state index contributed by atoms with van der Waals surface area (Å²) in [5.74, 6) is 1.53. The zero-order valence-electron chi connectivity index (χ0n) is 18.9. The van der Waals surface area contributed by atoms with Gasteiger partial charge in [0.1, 0.15) is 0 Å². The highest BCUT2D eigenvalue weighted by Crippen LogP contribution is 2.28. The molecule has 0 spiro atoms. The molecule has 178 valence electrons. The Bertz CT molecular complexity index is 1180. The number of benzene rings is 2. The first-order valence-electron chi connectivity index (χ1n) is 10.1. The van der Waals surface area contributed by atoms with E-state index in [1.807, 2.05) is 30.3 Å². The molecule has 0 saturated carbocycles. The van der Waals surface area contributed by atoms with Crippen LogP contribution in [0.25, 0.3) is 6.08 Å². The number of amides is 2. The quantitative estimate of drug-likeness (QED) is 0.295. The van der Waals surface area contributed by atoms with Crippen LogP contribution < -0.4 is 20.1 Å². The number of anilines is 1. The molecule has 3 rings (SSSR count). The van der Waals surface area contributed by atoms with Gasteiger partial charge in [-0.2, -0.15) is 0 Å². The third kappa shape index (κ3) is 7.09. The van der Waals surface area contributed by atoms with Gasteiger partial charge < -0.3 is 24.7 Å². The van der Waals surface area contributed by atoms with Gasteiger partial charge >= 0.3 is 0 Å². The van der Waals surface area contributed by atoms with Gasteiger partial charge in [-0.15, -0.1) is 10.2 Å². The van der Waals surface area contributed by atoms with Crippen molar-refractivity contribution in [2.24, 2.45) is 7.05 Å². The summed E-state index contributed by atoms with van der Waals surface area (Å²) < 4.78 is 13.2. The molecule has 1 aromatic heterocycles. The lowest BCUT2D eigenvalue weighted by Gasteiger charge is -2.07. The van der Waals surface area contributed by atoms with Gasteiger partial charge in [0.2, 0.25) is 11.8 Å². The minimum Gasteiger partial charge on any atom is -0.493 e. The average Bonchev–Trinajstić information content (AvgIpc) is 3.20. The maximum absolute atomic E-state index is 12.2. The fraction of sp³-hybridized carbons (Fsp3) is 0.217. The predicted octanol–water partition coefficient (Wildman–Crippen LogP) is 3.66. The molecule has 34 heavy (non-hydrogen) atoms. The zero-order chi connectivity index (χ0) is 24.5. The molecule has 9 nitrogen and oxygen atoms in total. The van der Waals surface area contributed by atoms with E-state index in [9.17, 15) is 9.59 Å². The van der Waals surface area contributed by atoms with E-state index in [0.717, 1.165) is 15.7 Å². The molecule has 2 aromatic carbocycles. The van der Waals surface area contributed by atoms with E-state index in [-0.39, 0.29) is 24.1 Å². The first-order valence-corrected chi connectivity index (χ1v) is 11.9. The number of thioether (sulfide) groups is 1. The number of carbonyl (C=O) groups is 2. The van der Waals surface area contributed by atoms with E-state index < -0.39 is 0 Å². The van der Waals surface area contributed by atoms with Crippen LogP contribution in [0.5, 0.6) is 11.5 Å². The number of nitrogens with zero attached hydrogens (tertiary/aromatic N) is 3. The molecule has 0 unspecified atom stereocenters. The largest absolute Gasteiger partial charge is 0.493 e. The molecule has 0 aliphatic carbocycles. The molecule has 11 heteroatoms. The van der Waals surface area contributed by atoms with Gasteiger partial charge in [0, 0.05) is 23.3 Å². The fourth-order valence-electron chi connectivity index (χ4n) is 2.84. The van der Waals surface area contributed by atoms with E-state index in [2.05, 4.69) is 36.8 Å². The second-order valence-corrected chi connectivity index (χ2v) is 8.83. The van der Waals surface area contributed by atoms with Crippen LogP contribution in [0.1, 0.15) is 11.4 Å². The zero-order valence-corrected chi connectivity index (χ0v) is 21.3. The Kier molecular flexibility index (Phi) is 9.11. The van der Waals surface area contributed by atoms with Gasteiger partial charge in [-0.1, -0.05) is 33.8 Å². The average molecular weight is 546 g/mol. The number of rotatable bonds is 10. The monoisotopic (exact) mass is 545 g/mol. The molecule has 3 aromatic rings. The summed E-state index contributed by atoms with van der Waals surface area (Å²) in [6, 6.07) is 12.7. The molecule has 0 saturated heterocycles. The van der Waals surface area contributed by atoms with Crippen molar-refractivity contribution in [1.82, 2.24) is 20.1 Å². The second-order valence-electron chi connectivity index (χ2n) is 6.97. The highest BCUT2D eigenvalue weighted by Gasteiger charge is 2.12. The summed E-state index contributed by atoms with van der Waals surface area (Å²) >= 11 is 4.63. The maximum atomic E-state index is 12.2. The number of nitrogens with one attached hydrogen (secondary N) is 2. The van der Waals surface area contributed by atoms with Crippen molar-refractivity contribution in [3.05, 3.63) is 64.4 Å². The molecular formula is C23H24BrN5O4S. The summed E-state index contributed by atoms with van der Waals surface area (Å²) in [6.07, 6.45) is 3.11. The van der Waals surface area contributed by atoms with Gasteiger partial charge in [-0.05, 0) is 48.0 Å². The number of hydrogen-bond acceptors (Lipinski definition) is 7. The minimum absolute atomic E-state index is 0.148. The SMILES string of the molecule is COc1ccc(/C=C/C(=O)NCc2nnc(SCC(=O)Nc3ccc(Br)cc3)n2C)cc1OC. The summed E-state index contributed by atoms with van der Waals surface area (Å²) in [4.78, 5) is 24.4. The molecular weight excluding hydrogens is 522 g/mol. The number of aromatic nitrogens is 3. The van der Waals surface area contributed by atoms with Crippen LogP contribution in [0.3, 0.4) is 0 Å². The predicted molar refractivity (Wildman–Crippen MR) is 135 cm³/mol. The number of hydrogen-bond donors (Lipinski definition) is 2. The van der Waals surface area contributed by atoms with Gasteiger partial charge in [-0.25, -0.2) is 0 Å². The van der Waals surface area contributed by atoms with Gasteiger partial charge in [0.05, 0.1) is 26.5 Å². The van der Waals surface area contributed by atoms with Crippen molar-refractivity contribution < 1.29 is 19.1 Å². The smallest absolute Gasteiger partial charge is 0.244 e. The van der Waals surface area contributed by atoms with Crippen LogP contribution in [-0.4, -0.2) is 46.6 Å². The first-order chi connectivity index (χ1) is 16.4. The molecule has 0 radical (unpaired) electrons. The van der Waals surface area contributed by atoms with E-state index >= 15 is 0 Å². The first kappa shape index (κ1) is 25.3. The Morgan fingerprint density at radius 1 is 1.09 bits per heavy atom. The van der Waals surface area contributed by atoms with E-state index in [1.54, 1.807) is 44.0 Å². The molecule has 1 heterocycles. The molecule has 0 aliphatic rings. The van der Waals surface area contributed by atoms with Gasteiger partial charge in [-0.3, -0.25) is 9.59 Å². The van der Waals surface area contributed by atoms with Crippen LogP contribution in [0.2, 0.25) is 0 Å². The number of halogens is 1. The standard InChI is InChI=1S/C23H24BrN5O4S/c1-29-20(13-25-21(30)11-5-15-4-10-18(32-2)19(12-15)33-3)27-28-23(29)34-14-22(31)26-17-8-6-16(24)7-9-17/h4-12H,13-14H2,1-3H3,(H,25,30)(H,26,31)/b11-5+.